The summed E-state index contributed by atoms with van der Waals surface area (Å²) in [6.07, 6.45) is 1.97. The van der Waals surface area contributed by atoms with Crippen molar-refractivity contribution >= 4 is 45.6 Å². The Morgan fingerprint density at radius 2 is 2.15 bits per heavy atom. The summed E-state index contributed by atoms with van der Waals surface area (Å²) in [7, 11) is 1.34. The number of anilines is 1. The summed E-state index contributed by atoms with van der Waals surface area (Å²) in [5, 5.41) is 6.21. The van der Waals surface area contributed by atoms with Crippen LogP contribution in [-0.4, -0.2) is 34.4 Å². The first-order valence-electron chi connectivity index (χ1n) is 8.57. The van der Waals surface area contributed by atoms with Gasteiger partial charge in [-0.3, -0.25) is 4.68 Å². The fraction of sp³-hybridized carbons (Fsp3) is 0.588. The smallest absolute Gasteiger partial charge is 0.351 e. The normalized spacial score (nSPS) is 17.3. The largest absolute Gasteiger partial charge is 0.465 e. The predicted molar refractivity (Wildman–Crippen MR) is 105 cm³/mol. The Bertz CT molecular complexity index is 818. The van der Waals surface area contributed by atoms with Crippen molar-refractivity contribution in [2.24, 2.45) is 5.92 Å². The average molecular weight is 417 g/mol. The van der Waals surface area contributed by atoms with Crippen molar-refractivity contribution in [3.63, 3.8) is 0 Å². The van der Waals surface area contributed by atoms with Gasteiger partial charge < -0.3 is 9.64 Å². The fourth-order valence-corrected chi connectivity index (χ4v) is 4.99. The maximum atomic E-state index is 11.8. The van der Waals surface area contributed by atoms with Crippen molar-refractivity contribution in [1.29, 1.82) is 0 Å². The molecule has 1 aliphatic rings. The van der Waals surface area contributed by atoms with E-state index in [2.05, 4.69) is 28.8 Å². The fourth-order valence-electron chi connectivity index (χ4n) is 3.34. The SMILES string of the molecule is COC(=O)c1sc(N2CCCC2c2c(C)nn(CC(C)C)c2Cl)nc1Cl. The first-order chi connectivity index (χ1) is 12.3. The Balaban J connectivity index is 1.95. The van der Waals surface area contributed by atoms with Crippen LogP contribution in [0, 0.1) is 12.8 Å². The highest BCUT2D eigenvalue weighted by molar-refractivity contribution is 7.18. The minimum atomic E-state index is -0.464. The molecule has 0 N–H and O–H groups in total. The molecule has 0 saturated carbocycles. The highest BCUT2D eigenvalue weighted by Crippen LogP contribution is 2.43. The van der Waals surface area contributed by atoms with E-state index in [9.17, 15) is 4.79 Å². The Labute approximate surface area is 167 Å². The first kappa shape index (κ1) is 19.5. The van der Waals surface area contributed by atoms with E-state index in [0.717, 1.165) is 37.2 Å². The number of rotatable bonds is 5. The topological polar surface area (TPSA) is 60.2 Å². The van der Waals surface area contributed by atoms with Crippen LogP contribution < -0.4 is 4.90 Å². The zero-order valence-corrected chi connectivity index (χ0v) is 17.6. The van der Waals surface area contributed by atoms with Crippen LogP contribution in [0.15, 0.2) is 0 Å². The second kappa shape index (κ2) is 7.74. The van der Waals surface area contributed by atoms with E-state index >= 15 is 0 Å². The van der Waals surface area contributed by atoms with E-state index in [1.165, 1.54) is 18.4 Å². The van der Waals surface area contributed by atoms with Gasteiger partial charge in [-0.15, -0.1) is 0 Å². The number of methoxy groups -OCH3 is 1. The number of hydrogen-bond acceptors (Lipinski definition) is 6. The van der Waals surface area contributed by atoms with Crippen molar-refractivity contribution in [2.45, 2.75) is 46.2 Å². The second-order valence-electron chi connectivity index (χ2n) is 6.83. The van der Waals surface area contributed by atoms with Crippen molar-refractivity contribution < 1.29 is 9.53 Å². The molecule has 0 amide bonds. The number of carbonyl (C=O) groups excluding carboxylic acids is 1. The molecule has 0 bridgehead atoms. The number of nitrogens with zero attached hydrogens (tertiary/aromatic N) is 4. The van der Waals surface area contributed by atoms with Gasteiger partial charge in [0.1, 0.15) is 5.15 Å². The lowest BCUT2D eigenvalue weighted by atomic mass is 10.1. The molecule has 2 aromatic rings. The van der Waals surface area contributed by atoms with E-state index in [1.54, 1.807) is 0 Å². The Morgan fingerprint density at radius 1 is 1.42 bits per heavy atom. The standard InChI is InChI=1S/C17H22Cl2N4O2S/c1-9(2)8-23-15(19)12(10(3)21-23)11-6-5-7-22(11)17-20-14(18)13(26-17)16(24)25-4/h9,11H,5-8H2,1-4H3. The number of hydrogen-bond donors (Lipinski definition) is 0. The third kappa shape index (κ3) is 3.57. The summed E-state index contributed by atoms with van der Waals surface area (Å²) < 4.78 is 6.65. The molecule has 0 spiro atoms. The number of aryl methyl sites for hydroxylation is 1. The zero-order chi connectivity index (χ0) is 19.0. The highest BCUT2D eigenvalue weighted by Gasteiger charge is 2.34. The summed E-state index contributed by atoms with van der Waals surface area (Å²) in [5.41, 5.74) is 1.97. The molecule has 6 nitrogen and oxygen atoms in total. The van der Waals surface area contributed by atoms with Gasteiger partial charge in [-0.25, -0.2) is 9.78 Å². The van der Waals surface area contributed by atoms with Gasteiger partial charge >= 0.3 is 5.97 Å². The van der Waals surface area contributed by atoms with Crippen LogP contribution in [0.1, 0.15) is 53.7 Å². The Hall–Kier alpha value is -1.31. The molecule has 26 heavy (non-hydrogen) atoms. The van der Waals surface area contributed by atoms with Crippen LogP contribution in [-0.2, 0) is 11.3 Å². The zero-order valence-electron chi connectivity index (χ0n) is 15.3. The molecule has 142 valence electrons. The molecule has 0 aliphatic carbocycles. The minimum absolute atomic E-state index is 0.0797. The first-order valence-corrected chi connectivity index (χ1v) is 10.1. The number of esters is 1. The van der Waals surface area contributed by atoms with Crippen molar-refractivity contribution in [2.75, 3.05) is 18.6 Å². The molecule has 3 heterocycles. The van der Waals surface area contributed by atoms with Gasteiger partial charge in [0.2, 0.25) is 0 Å². The van der Waals surface area contributed by atoms with Crippen LogP contribution in [0.5, 0.6) is 0 Å². The lowest BCUT2D eigenvalue weighted by Gasteiger charge is -2.24. The van der Waals surface area contributed by atoms with Crippen molar-refractivity contribution in [3.8, 4) is 0 Å². The minimum Gasteiger partial charge on any atom is -0.465 e. The van der Waals surface area contributed by atoms with Gasteiger partial charge in [0.25, 0.3) is 0 Å². The van der Waals surface area contributed by atoms with Gasteiger partial charge in [0, 0.05) is 18.7 Å². The molecule has 1 atom stereocenters. The monoisotopic (exact) mass is 416 g/mol. The average Bonchev–Trinajstić information content (AvgIpc) is 3.25. The summed E-state index contributed by atoms with van der Waals surface area (Å²) >= 11 is 14.1. The molecule has 1 aliphatic heterocycles. The molecule has 9 heteroatoms. The van der Waals surface area contributed by atoms with Crippen molar-refractivity contribution in [1.82, 2.24) is 14.8 Å². The van der Waals surface area contributed by atoms with Crippen LogP contribution in [0.25, 0.3) is 0 Å². The van der Waals surface area contributed by atoms with Crippen molar-refractivity contribution in [3.05, 3.63) is 26.4 Å². The summed E-state index contributed by atoms with van der Waals surface area (Å²) in [4.78, 5) is 18.7. The maximum Gasteiger partial charge on any atom is 0.351 e. The van der Waals surface area contributed by atoms with E-state index in [-0.39, 0.29) is 11.2 Å². The van der Waals surface area contributed by atoms with E-state index in [0.29, 0.717) is 21.1 Å². The van der Waals surface area contributed by atoms with Gasteiger partial charge in [-0.2, -0.15) is 5.10 Å². The number of thiazole rings is 1. The van der Waals surface area contributed by atoms with E-state index < -0.39 is 5.97 Å². The number of carbonyl (C=O) groups is 1. The molecule has 1 saturated heterocycles. The van der Waals surface area contributed by atoms with E-state index in [4.69, 9.17) is 27.9 Å². The Morgan fingerprint density at radius 3 is 2.81 bits per heavy atom. The lowest BCUT2D eigenvalue weighted by Crippen LogP contribution is -2.23. The van der Waals surface area contributed by atoms with Crippen LogP contribution in [0.4, 0.5) is 5.13 Å². The molecule has 1 unspecified atom stereocenters. The number of aromatic nitrogens is 3. The summed E-state index contributed by atoms with van der Waals surface area (Å²) in [6.45, 7) is 7.88. The molecule has 0 aromatic carbocycles. The summed E-state index contributed by atoms with van der Waals surface area (Å²) in [5.74, 6) is -0.00632. The molecule has 2 aromatic heterocycles. The quantitative estimate of drug-likeness (QED) is 0.658. The molecular weight excluding hydrogens is 395 g/mol. The van der Waals surface area contributed by atoms with Crippen LogP contribution in [0.2, 0.25) is 10.3 Å². The van der Waals surface area contributed by atoms with Gasteiger partial charge in [0.15, 0.2) is 15.2 Å². The second-order valence-corrected chi connectivity index (χ2v) is 8.52. The van der Waals surface area contributed by atoms with Gasteiger partial charge in [0.05, 0.1) is 18.8 Å². The Kier molecular flexibility index (Phi) is 5.79. The third-order valence-electron chi connectivity index (χ3n) is 4.42. The highest BCUT2D eigenvalue weighted by atomic mass is 35.5. The number of halogens is 2. The maximum absolute atomic E-state index is 11.8. The van der Waals surface area contributed by atoms with Gasteiger partial charge in [-0.05, 0) is 25.7 Å². The van der Waals surface area contributed by atoms with Crippen LogP contribution in [0.3, 0.4) is 0 Å². The van der Waals surface area contributed by atoms with Gasteiger partial charge in [-0.1, -0.05) is 48.4 Å². The third-order valence-corrected chi connectivity index (χ3v) is 6.28. The molecular formula is C17H22Cl2N4O2S. The van der Waals surface area contributed by atoms with E-state index in [1.807, 2.05) is 11.6 Å². The molecule has 0 radical (unpaired) electrons. The van der Waals surface area contributed by atoms with Crippen LogP contribution >= 0.6 is 34.5 Å². The summed E-state index contributed by atoms with van der Waals surface area (Å²) in [6, 6.07) is 0.0797. The predicted octanol–water partition coefficient (Wildman–Crippen LogP) is 4.74. The molecule has 1 fully saturated rings. The lowest BCUT2D eigenvalue weighted by molar-refractivity contribution is 0.0606. The number of ether oxygens (including phenoxy) is 1. The molecule has 3 rings (SSSR count).